The Morgan fingerprint density at radius 3 is 2.21 bits per heavy atom. The summed E-state index contributed by atoms with van der Waals surface area (Å²) in [6.45, 7) is 0. The lowest BCUT2D eigenvalue weighted by Gasteiger charge is -2.07. The molecule has 0 aliphatic carbocycles. The molecule has 1 N–H and O–H groups in total. The summed E-state index contributed by atoms with van der Waals surface area (Å²) in [5, 5.41) is 8.79. The maximum Gasteiger partial charge on any atom is 0.338 e. The van der Waals surface area contributed by atoms with Gasteiger partial charge < -0.3 is 5.11 Å². The van der Waals surface area contributed by atoms with Crippen LogP contribution in [0.15, 0.2) is 58.3 Å². The third kappa shape index (κ3) is 2.34. The molecule has 0 heterocycles. The van der Waals surface area contributed by atoms with Gasteiger partial charge in [-0.15, -0.1) is 0 Å². The number of hydrogen-bond donors (Lipinski definition) is 1. The van der Waals surface area contributed by atoms with Crippen LogP contribution >= 0.6 is 0 Å². The number of hydrogen-bond acceptors (Lipinski definition) is 3. The van der Waals surface area contributed by atoms with E-state index in [-0.39, 0.29) is 4.90 Å². The van der Waals surface area contributed by atoms with Crippen molar-refractivity contribution in [2.75, 3.05) is 0 Å². The Bertz CT molecular complexity index is 724. The minimum Gasteiger partial charge on any atom is -0.478 e. The lowest BCUT2D eigenvalue weighted by Crippen LogP contribution is -2.09. The molecule has 0 spiro atoms. The average molecular weight is 280 g/mol. The van der Waals surface area contributed by atoms with Gasteiger partial charge in [0, 0.05) is 0 Å². The molecule has 2 rings (SSSR count). The molecule has 0 radical (unpaired) electrons. The second-order valence-electron chi connectivity index (χ2n) is 3.74. The standard InChI is InChI=1S/C13H9FO4S/c14-12-10(13(15)16)7-4-8-11(12)19(17,18)9-5-2-1-3-6-9/h1-8H,(H,15,16). The van der Waals surface area contributed by atoms with Crippen LogP contribution in [0.1, 0.15) is 10.4 Å². The predicted octanol–water partition coefficient (Wildman–Crippen LogP) is 2.36. The van der Waals surface area contributed by atoms with Crippen molar-refractivity contribution in [2.45, 2.75) is 9.79 Å². The van der Waals surface area contributed by atoms with Crippen LogP contribution < -0.4 is 0 Å². The summed E-state index contributed by atoms with van der Waals surface area (Å²) in [5.41, 5.74) is -0.669. The van der Waals surface area contributed by atoms with Gasteiger partial charge in [0.15, 0.2) is 5.82 Å². The maximum absolute atomic E-state index is 13.9. The van der Waals surface area contributed by atoms with E-state index in [1.165, 1.54) is 30.3 Å². The van der Waals surface area contributed by atoms with Gasteiger partial charge >= 0.3 is 5.97 Å². The van der Waals surface area contributed by atoms with Crippen LogP contribution in [0, 0.1) is 5.82 Å². The third-order valence-electron chi connectivity index (χ3n) is 2.54. The summed E-state index contributed by atoms with van der Waals surface area (Å²) >= 11 is 0. The highest BCUT2D eigenvalue weighted by Crippen LogP contribution is 2.25. The molecule has 0 aliphatic rings. The van der Waals surface area contributed by atoms with Crippen LogP contribution in [0.4, 0.5) is 4.39 Å². The summed E-state index contributed by atoms with van der Waals surface area (Å²) in [7, 11) is -4.06. The van der Waals surface area contributed by atoms with Gasteiger partial charge in [-0.25, -0.2) is 17.6 Å². The number of benzene rings is 2. The molecule has 98 valence electrons. The van der Waals surface area contributed by atoms with Crippen LogP contribution in [0.5, 0.6) is 0 Å². The minimum atomic E-state index is -4.06. The highest BCUT2D eigenvalue weighted by molar-refractivity contribution is 7.91. The largest absolute Gasteiger partial charge is 0.478 e. The fourth-order valence-corrected chi connectivity index (χ4v) is 2.98. The van der Waals surface area contributed by atoms with E-state index in [0.29, 0.717) is 0 Å². The number of rotatable bonds is 3. The highest BCUT2D eigenvalue weighted by atomic mass is 32.2. The Morgan fingerprint density at radius 2 is 1.63 bits per heavy atom. The van der Waals surface area contributed by atoms with Gasteiger partial charge in [-0.05, 0) is 24.3 Å². The summed E-state index contributed by atoms with van der Waals surface area (Å²) < 4.78 is 38.3. The van der Waals surface area contributed by atoms with E-state index in [1.807, 2.05) is 0 Å². The zero-order valence-corrected chi connectivity index (χ0v) is 10.4. The topological polar surface area (TPSA) is 71.4 Å². The number of carboxylic acid groups (broad SMARTS) is 1. The first-order valence-corrected chi connectivity index (χ1v) is 6.75. The van der Waals surface area contributed by atoms with Crippen molar-refractivity contribution in [3.63, 3.8) is 0 Å². The third-order valence-corrected chi connectivity index (χ3v) is 4.32. The van der Waals surface area contributed by atoms with E-state index in [2.05, 4.69) is 0 Å². The van der Waals surface area contributed by atoms with Gasteiger partial charge in [-0.2, -0.15) is 0 Å². The number of sulfone groups is 1. The van der Waals surface area contributed by atoms with Crippen molar-refractivity contribution in [3.8, 4) is 0 Å². The van der Waals surface area contributed by atoms with E-state index < -0.39 is 32.1 Å². The molecule has 2 aromatic carbocycles. The molecule has 19 heavy (non-hydrogen) atoms. The van der Waals surface area contributed by atoms with Gasteiger partial charge in [-0.1, -0.05) is 24.3 Å². The fraction of sp³-hybridized carbons (Fsp3) is 0. The second-order valence-corrected chi connectivity index (χ2v) is 5.66. The summed E-state index contributed by atoms with van der Waals surface area (Å²) in [5.74, 6) is -2.76. The smallest absolute Gasteiger partial charge is 0.338 e. The van der Waals surface area contributed by atoms with E-state index >= 15 is 0 Å². The van der Waals surface area contributed by atoms with Crippen molar-refractivity contribution in [1.82, 2.24) is 0 Å². The monoisotopic (exact) mass is 280 g/mol. The van der Waals surface area contributed by atoms with Gasteiger partial charge in [0.25, 0.3) is 0 Å². The lowest BCUT2D eigenvalue weighted by molar-refractivity contribution is 0.0691. The van der Waals surface area contributed by atoms with Crippen molar-refractivity contribution in [3.05, 3.63) is 59.9 Å². The molecule has 0 aromatic heterocycles. The maximum atomic E-state index is 13.9. The quantitative estimate of drug-likeness (QED) is 0.936. The van der Waals surface area contributed by atoms with Crippen molar-refractivity contribution in [1.29, 1.82) is 0 Å². The first kappa shape index (κ1) is 13.2. The van der Waals surface area contributed by atoms with Crippen molar-refractivity contribution in [2.24, 2.45) is 0 Å². The van der Waals surface area contributed by atoms with Crippen LogP contribution in [-0.2, 0) is 9.84 Å². The second kappa shape index (κ2) is 4.81. The molecule has 6 heteroatoms. The zero-order valence-electron chi connectivity index (χ0n) is 9.58. The molecule has 0 fully saturated rings. The number of aromatic carboxylic acids is 1. The van der Waals surface area contributed by atoms with Crippen molar-refractivity contribution >= 4 is 15.8 Å². The fourth-order valence-electron chi connectivity index (χ4n) is 1.61. The minimum absolute atomic E-state index is 0.0866. The summed E-state index contributed by atoms with van der Waals surface area (Å²) in [6.07, 6.45) is 0. The molecule has 0 saturated heterocycles. The van der Waals surface area contributed by atoms with Crippen molar-refractivity contribution < 1.29 is 22.7 Å². The number of carbonyl (C=O) groups is 1. The van der Waals surface area contributed by atoms with Crippen LogP contribution in [0.2, 0.25) is 0 Å². The van der Waals surface area contributed by atoms with Crippen LogP contribution in [0.3, 0.4) is 0 Å². The first-order valence-electron chi connectivity index (χ1n) is 5.26. The molecular weight excluding hydrogens is 271 g/mol. The Hall–Kier alpha value is -2.21. The number of carboxylic acids is 1. The SMILES string of the molecule is O=C(O)c1cccc(S(=O)(=O)c2ccccc2)c1F. The molecule has 0 saturated carbocycles. The van der Waals surface area contributed by atoms with Crippen LogP contribution in [-0.4, -0.2) is 19.5 Å². The van der Waals surface area contributed by atoms with E-state index in [9.17, 15) is 17.6 Å². The first-order chi connectivity index (χ1) is 8.94. The zero-order chi connectivity index (χ0) is 14.0. The Morgan fingerprint density at radius 1 is 1.00 bits per heavy atom. The Kier molecular flexibility index (Phi) is 3.35. The van der Waals surface area contributed by atoms with E-state index in [0.717, 1.165) is 12.1 Å². The van der Waals surface area contributed by atoms with Crippen LogP contribution in [0.25, 0.3) is 0 Å². The van der Waals surface area contributed by atoms with Gasteiger partial charge in [0.1, 0.15) is 4.90 Å². The van der Waals surface area contributed by atoms with Gasteiger partial charge in [0.2, 0.25) is 9.84 Å². The molecule has 0 unspecified atom stereocenters. The Labute approximate surface area is 109 Å². The number of halogens is 1. The molecule has 0 amide bonds. The molecular formula is C13H9FO4S. The van der Waals surface area contributed by atoms with E-state index in [1.54, 1.807) is 6.07 Å². The highest BCUT2D eigenvalue weighted by Gasteiger charge is 2.25. The Balaban J connectivity index is 2.66. The predicted molar refractivity (Wildman–Crippen MR) is 65.3 cm³/mol. The molecule has 4 nitrogen and oxygen atoms in total. The average Bonchev–Trinajstić information content (AvgIpc) is 2.39. The van der Waals surface area contributed by atoms with E-state index in [4.69, 9.17) is 5.11 Å². The van der Waals surface area contributed by atoms with Gasteiger partial charge in [-0.3, -0.25) is 0 Å². The normalized spacial score (nSPS) is 11.2. The lowest BCUT2D eigenvalue weighted by atomic mass is 10.2. The van der Waals surface area contributed by atoms with Gasteiger partial charge in [0.05, 0.1) is 10.5 Å². The molecule has 0 aliphatic heterocycles. The molecule has 0 atom stereocenters. The molecule has 0 bridgehead atoms. The molecule has 2 aromatic rings. The summed E-state index contributed by atoms with van der Waals surface area (Å²) in [6, 6.07) is 10.5. The summed E-state index contributed by atoms with van der Waals surface area (Å²) in [4.78, 5) is 10.1.